The minimum Gasteiger partial charge on any atom is -0.357 e. The Bertz CT molecular complexity index is 653. The number of benzene rings is 1. The lowest BCUT2D eigenvalue weighted by Crippen LogP contribution is -2.45. The monoisotopic (exact) mass is 475 g/mol. The topological polar surface area (TPSA) is 99.9 Å². The van der Waals surface area contributed by atoms with Crippen LogP contribution in [0.4, 0.5) is 5.69 Å². The summed E-state index contributed by atoms with van der Waals surface area (Å²) in [5.74, 6) is 0.827. The van der Waals surface area contributed by atoms with Crippen molar-refractivity contribution in [3.05, 3.63) is 39.9 Å². The molecule has 1 aliphatic heterocycles. The maximum Gasteiger partial charge on any atom is 0.269 e. The molecule has 0 bridgehead atoms. The van der Waals surface area contributed by atoms with Gasteiger partial charge >= 0.3 is 0 Å². The van der Waals surface area contributed by atoms with Crippen molar-refractivity contribution in [2.24, 2.45) is 4.99 Å². The van der Waals surface area contributed by atoms with E-state index >= 15 is 0 Å². The normalized spacial score (nSPS) is 16.8. The molecule has 1 heterocycles. The molecule has 1 saturated heterocycles. The molecular formula is C17H26IN5O3. The highest BCUT2D eigenvalue weighted by molar-refractivity contribution is 14.0. The summed E-state index contributed by atoms with van der Waals surface area (Å²) in [5.41, 5.74) is 0.843. The SMILES string of the molecule is CCNC(=NCc1cccc([N+](=O)[O-])c1)NC1CCN(C(=O)CC)C1.I. The number of carbonyl (C=O) groups excluding carboxylic acids is 1. The Morgan fingerprint density at radius 3 is 2.85 bits per heavy atom. The molecule has 0 aliphatic carbocycles. The van der Waals surface area contributed by atoms with E-state index in [2.05, 4.69) is 15.6 Å². The lowest BCUT2D eigenvalue weighted by Gasteiger charge is -2.18. The fraction of sp³-hybridized carbons (Fsp3) is 0.529. The molecule has 1 unspecified atom stereocenters. The maximum absolute atomic E-state index is 11.8. The number of rotatable bonds is 6. The molecule has 2 rings (SSSR count). The second-order valence-corrected chi connectivity index (χ2v) is 5.95. The van der Waals surface area contributed by atoms with Gasteiger partial charge in [0.15, 0.2) is 5.96 Å². The quantitative estimate of drug-likeness (QED) is 0.216. The van der Waals surface area contributed by atoms with Crippen molar-refractivity contribution >= 4 is 41.5 Å². The van der Waals surface area contributed by atoms with Gasteiger partial charge in [0.25, 0.3) is 5.69 Å². The molecule has 1 aromatic carbocycles. The standard InChI is InChI=1S/C17H25N5O3.HI/c1-3-16(23)21-9-8-14(12-21)20-17(18-4-2)19-11-13-6-5-7-15(10-13)22(24)25;/h5-7,10,14H,3-4,8-9,11-12H2,1-2H3,(H2,18,19,20);1H. The first-order valence-corrected chi connectivity index (χ1v) is 8.59. The predicted octanol–water partition coefficient (Wildman–Crippen LogP) is 2.28. The fourth-order valence-corrected chi connectivity index (χ4v) is 2.78. The molecule has 0 saturated carbocycles. The van der Waals surface area contributed by atoms with Crippen molar-refractivity contribution in [3.63, 3.8) is 0 Å². The number of hydrogen-bond donors (Lipinski definition) is 2. The average Bonchev–Trinajstić information content (AvgIpc) is 3.08. The second kappa shape index (κ2) is 10.9. The van der Waals surface area contributed by atoms with E-state index in [-0.39, 0.29) is 41.6 Å². The molecule has 2 N–H and O–H groups in total. The van der Waals surface area contributed by atoms with Crippen LogP contribution in [0.25, 0.3) is 0 Å². The van der Waals surface area contributed by atoms with Gasteiger partial charge in [0, 0.05) is 44.2 Å². The molecule has 1 fully saturated rings. The number of nitrogens with zero attached hydrogens (tertiary/aromatic N) is 3. The Kier molecular flexibility index (Phi) is 9.31. The third kappa shape index (κ3) is 6.43. The minimum atomic E-state index is -0.408. The molecule has 1 aliphatic rings. The third-order valence-electron chi connectivity index (χ3n) is 4.07. The van der Waals surface area contributed by atoms with Gasteiger partial charge in [0.05, 0.1) is 11.5 Å². The maximum atomic E-state index is 11.8. The highest BCUT2D eigenvalue weighted by atomic mass is 127. The van der Waals surface area contributed by atoms with Gasteiger partial charge in [-0.2, -0.15) is 0 Å². The van der Waals surface area contributed by atoms with Crippen LogP contribution in [-0.2, 0) is 11.3 Å². The molecule has 144 valence electrons. The smallest absolute Gasteiger partial charge is 0.269 e. The van der Waals surface area contributed by atoms with E-state index in [1.807, 2.05) is 24.8 Å². The van der Waals surface area contributed by atoms with E-state index in [9.17, 15) is 14.9 Å². The Labute approximate surface area is 170 Å². The number of guanidine groups is 1. The van der Waals surface area contributed by atoms with Crippen LogP contribution in [0.1, 0.15) is 32.3 Å². The number of nitrogens with one attached hydrogen (secondary N) is 2. The number of aliphatic imine (C=N–C) groups is 1. The van der Waals surface area contributed by atoms with Crippen LogP contribution in [0.15, 0.2) is 29.3 Å². The van der Waals surface area contributed by atoms with Gasteiger partial charge < -0.3 is 15.5 Å². The molecule has 1 aromatic rings. The van der Waals surface area contributed by atoms with Gasteiger partial charge in [-0.15, -0.1) is 24.0 Å². The molecule has 26 heavy (non-hydrogen) atoms. The summed E-state index contributed by atoms with van der Waals surface area (Å²) in [7, 11) is 0. The zero-order valence-corrected chi connectivity index (χ0v) is 17.4. The van der Waals surface area contributed by atoms with E-state index in [4.69, 9.17) is 0 Å². The van der Waals surface area contributed by atoms with Crippen molar-refractivity contribution in [3.8, 4) is 0 Å². The second-order valence-electron chi connectivity index (χ2n) is 5.95. The van der Waals surface area contributed by atoms with Gasteiger partial charge in [-0.3, -0.25) is 14.9 Å². The minimum absolute atomic E-state index is 0. The Morgan fingerprint density at radius 2 is 2.19 bits per heavy atom. The van der Waals surface area contributed by atoms with Crippen LogP contribution >= 0.6 is 24.0 Å². The van der Waals surface area contributed by atoms with Crippen molar-refractivity contribution < 1.29 is 9.72 Å². The summed E-state index contributed by atoms with van der Waals surface area (Å²) in [6.45, 7) is 6.34. The van der Waals surface area contributed by atoms with Gasteiger partial charge in [-0.05, 0) is 18.9 Å². The van der Waals surface area contributed by atoms with Crippen molar-refractivity contribution in [1.29, 1.82) is 0 Å². The summed E-state index contributed by atoms with van der Waals surface area (Å²) in [6, 6.07) is 6.64. The first kappa shape index (κ1) is 22.1. The van der Waals surface area contributed by atoms with Crippen LogP contribution < -0.4 is 10.6 Å². The number of nitro groups is 1. The number of likely N-dealkylation sites (tertiary alicyclic amines) is 1. The summed E-state index contributed by atoms with van der Waals surface area (Å²) in [6.07, 6.45) is 1.40. The van der Waals surface area contributed by atoms with E-state index in [1.165, 1.54) is 12.1 Å². The number of carbonyl (C=O) groups is 1. The van der Waals surface area contributed by atoms with Gasteiger partial charge in [-0.1, -0.05) is 19.1 Å². The molecule has 0 spiro atoms. The Hall–Kier alpha value is -1.91. The van der Waals surface area contributed by atoms with Crippen LogP contribution in [0.2, 0.25) is 0 Å². The van der Waals surface area contributed by atoms with E-state index in [0.29, 0.717) is 32.0 Å². The van der Waals surface area contributed by atoms with E-state index in [1.54, 1.807) is 6.07 Å². The molecule has 1 amide bonds. The fourth-order valence-electron chi connectivity index (χ4n) is 2.78. The lowest BCUT2D eigenvalue weighted by molar-refractivity contribution is -0.384. The summed E-state index contributed by atoms with van der Waals surface area (Å²) >= 11 is 0. The number of non-ortho nitro benzene ring substituents is 1. The van der Waals surface area contributed by atoms with Gasteiger partial charge in [-0.25, -0.2) is 4.99 Å². The Morgan fingerprint density at radius 1 is 1.42 bits per heavy atom. The molecular weight excluding hydrogens is 449 g/mol. The van der Waals surface area contributed by atoms with Gasteiger partial charge in [0.1, 0.15) is 0 Å². The van der Waals surface area contributed by atoms with Crippen molar-refractivity contribution in [1.82, 2.24) is 15.5 Å². The summed E-state index contributed by atoms with van der Waals surface area (Å²) < 4.78 is 0. The molecule has 1 atom stereocenters. The highest BCUT2D eigenvalue weighted by Crippen LogP contribution is 2.14. The third-order valence-corrected chi connectivity index (χ3v) is 4.07. The number of hydrogen-bond acceptors (Lipinski definition) is 4. The highest BCUT2D eigenvalue weighted by Gasteiger charge is 2.25. The predicted molar refractivity (Wildman–Crippen MR) is 112 cm³/mol. The number of halogens is 1. The van der Waals surface area contributed by atoms with E-state index < -0.39 is 4.92 Å². The number of nitro benzene ring substituents is 1. The lowest BCUT2D eigenvalue weighted by atomic mass is 10.2. The molecule has 9 heteroatoms. The zero-order valence-electron chi connectivity index (χ0n) is 15.1. The van der Waals surface area contributed by atoms with Crippen LogP contribution in [0, 0.1) is 10.1 Å². The van der Waals surface area contributed by atoms with Crippen molar-refractivity contribution in [2.45, 2.75) is 39.3 Å². The first-order valence-electron chi connectivity index (χ1n) is 8.59. The van der Waals surface area contributed by atoms with Crippen LogP contribution in [0.3, 0.4) is 0 Å². The van der Waals surface area contributed by atoms with Crippen LogP contribution in [0.5, 0.6) is 0 Å². The average molecular weight is 475 g/mol. The number of amides is 1. The summed E-state index contributed by atoms with van der Waals surface area (Å²) in [5, 5.41) is 17.4. The van der Waals surface area contributed by atoms with E-state index in [0.717, 1.165) is 18.5 Å². The molecule has 8 nitrogen and oxygen atoms in total. The van der Waals surface area contributed by atoms with Crippen LogP contribution in [-0.4, -0.2) is 47.4 Å². The van der Waals surface area contributed by atoms with Crippen molar-refractivity contribution in [2.75, 3.05) is 19.6 Å². The molecule has 0 aromatic heterocycles. The largest absolute Gasteiger partial charge is 0.357 e. The first-order chi connectivity index (χ1) is 12.0. The summed E-state index contributed by atoms with van der Waals surface area (Å²) in [4.78, 5) is 28.6. The zero-order chi connectivity index (χ0) is 18.2. The molecule has 0 radical (unpaired) electrons. The van der Waals surface area contributed by atoms with Gasteiger partial charge in [0.2, 0.25) is 5.91 Å². The Balaban J connectivity index is 0.00000338.